The first-order valence-corrected chi connectivity index (χ1v) is 7.32. The van der Waals surface area contributed by atoms with Gasteiger partial charge < -0.3 is 15.4 Å². The van der Waals surface area contributed by atoms with Crippen molar-refractivity contribution in [2.75, 3.05) is 13.7 Å². The van der Waals surface area contributed by atoms with Crippen molar-refractivity contribution in [1.82, 2.24) is 10.6 Å². The van der Waals surface area contributed by atoms with Crippen molar-refractivity contribution in [3.63, 3.8) is 0 Å². The molecule has 21 heavy (non-hydrogen) atoms. The van der Waals surface area contributed by atoms with Crippen LogP contribution in [0.25, 0.3) is 0 Å². The molecule has 0 saturated carbocycles. The van der Waals surface area contributed by atoms with Crippen molar-refractivity contribution in [3.05, 3.63) is 35.4 Å². The number of methoxy groups -OCH3 is 1. The Balaban J connectivity index is 2.69. The van der Waals surface area contributed by atoms with Crippen LogP contribution in [-0.4, -0.2) is 31.6 Å². The van der Waals surface area contributed by atoms with Gasteiger partial charge in [0.05, 0.1) is 19.2 Å². The first kappa shape index (κ1) is 17.0. The van der Waals surface area contributed by atoms with Crippen LogP contribution >= 0.6 is 0 Å². The predicted molar refractivity (Wildman–Crippen MR) is 85.5 cm³/mol. The highest BCUT2D eigenvalue weighted by molar-refractivity contribution is 5.89. The minimum absolute atomic E-state index is 0.322. The highest BCUT2D eigenvalue weighted by Gasteiger charge is 2.05. The topological polar surface area (TPSA) is 62.7 Å². The molecule has 0 heterocycles. The normalized spacial score (nSPS) is 12.7. The molecular formula is C16H25N3O2. The fourth-order valence-corrected chi connectivity index (χ4v) is 1.69. The molecule has 0 amide bonds. The molecule has 1 atom stereocenters. The lowest BCUT2D eigenvalue weighted by Crippen LogP contribution is -2.41. The van der Waals surface area contributed by atoms with E-state index in [2.05, 4.69) is 34.2 Å². The molecule has 1 aromatic rings. The number of guanidine groups is 1. The van der Waals surface area contributed by atoms with Crippen LogP contribution in [0.3, 0.4) is 0 Å². The summed E-state index contributed by atoms with van der Waals surface area (Å²) in [5, 5.41) is 6.56. The van der Waals surface area contributed by atoms with E-state index in [4.69, 9.17) is 0 Å². The molecule has 1 unspecified atom stereocenters. The van der Waals surface area contributed by atoms with E-state index in [0.717, 1.165) is 24.5 Å². The van der Waals surface area contributed by atoms with E-state index in [-0.39, 0.29) is 5.97 Å². The van der Waals surface area contributed by atoms with E-state index in [9.17, 15) is 4.79 Å². The minimum atomic E-state index is -0.322. The average Bonchev–Trinajstić information content (AvgIpc) is 2.52. The van der Waals surface area contributed by atoms with Crippen molar-refractivity contribution in [2.24, 2.45) is 4.99 Å². The molecule has 116 valence electrons. The predicted octanol–water partition coefficient (Wildman–Crippen LogP) is 2.33. The average molecular weight is 291 g/mol. The van der Waals surface area contributed by atoms with Gasteiger partial charge in [-0.2, -0.15) is 0 Å². The van der Waals surface area contributed by atoms with Crippen molar-refractivity contribution in [3.8, 4) is 0 Å². The standard InChI is InChI=1S/C16H25N3O2/c1-5-12(3)19-16(17-6-2)18-11-13-7-9-14(10-8-13)15(20)21-4/h7-10,12H,5-6,11H2,1-4H3,(H2,17,18,19). The lowest BCUT2D eigenvalue weighted by molar-refractivity contribution is 0.0600. The van der Waals surface area contributed by atoms with E-state index < -0.39 is 0 Å². The Morgan fingerprint density at radius 2 is 1.95 bits per heavy atom. The number of rotatable bonds is 6. The summed E-state index contributed by atoms with van der Waals surface area (Å²) < 4.78 is 4.68. The number of benzene rings is 1. The van der Waals surface area contributed by atoms with Crippen LogP contribution in [0.2, 0.25) is 0 Å². The molecular weight excluding hydrogens is 266 g/mol. The molecule has 0 bridgehead atoms. The number of aliphatic imine (C=N–C) groups is 1. The molecule has 0 aliphatic rings. The monoisotopic (exact) mass is 291 g/mol. The number of esters is 1. The van der Waals surface area contributed by atoms with Gasteiger partial charge in [-0.05, 0) is 38.0 Å². The number of nitrogens with zero attached hydrogens (tertiary/aromatic N) is 1. The number of carbonyl (C=O) groups is 1. The highest BCUT2D eigenvalue weighted by Crippen LogP contribution is 2.07. The summed E-state index contributed by atoms with van der Waals surface area (Å²) in [6, 6.07) is 7.67. The molecule has 1 rings (SSSR count). The number of nitrogens with one attached hydrogen (secondary N) is 2. The lowest BCUT2D eigenvalue weighted by atomic mass is 10.1. The second-order valence-electron chi connectivity index (χ2n) is 4.84. The molecule has 1 aromatic carbocycles. The van der Waals surface area contributed by atoms with Crippen molar-refractivity contribution < 1.29 is 9.53 Å². The third-order valence-corrected chi connectivity index (χ3v) is 3.13. The molecule has 0 fully saturated rings. The maximum absolute atomic E-state index is 11.4. The highest BCUT2D eigenvalue weighted by atomic mass is 16.5. The summed E-state index contributed by atoms with van der Waals surface area (Å²) in [4.78, 5) is 15.9. The van der Waals surface area contributed by atoms with E-state index in [1.54, 1.807) is 12.1 Å². The van der Waals surface area contributed by atoms with Gasteiger partial charge in [-0.1, -0.05) is 19.1 Å². The van der Waals surface area contributed by atoms with E-state index >= 15 is 0 Å². The molecule has 5 heteroatoms. The largest absolute Gasteiger partial charge is 0.465 e. The Labute approximate surface area is 126 Å². The second kappa shape index (κ2) is 9.00. The zero-order chi connectivity index (χ0) is 15.7. The van der Waals surface area contributed by atoms with Crippen molar-refractivity contribution >= 4 is 11.9 Å². The Hall–Kier alpha value is -2.04. The van der Waals surface area contributed by atoms with Gasteiger partial charge in [-0.15, -0.1) is 0 Å². The third kappa shape index (κ3) is 5.85. The van der Waals surface area contributed by atoms with Gasteiger partial charge in [0, 0.05) is 12.6 Å². The fourth-order valence-electron chi connectivity index (χ4n) is 1.69. The summed E-state index contributed by atoms with van der Waals surface area (Å²) in [5.41, 5.74) is 1.60. The van der Waals surface area contributed by atoms with Gasteiger partial charge in [-0.25, -0.2) is 9.79 Å². The molecule has 0 radical (unpaired) electrons. The van der Waals surface area contributed by atoms with Crippen LogP contribution in [0.15, 0.2) is 29.3 Å². The van der Waals surface area contributed by atoms with Crippen LogP contribution in [0, 0.1) is 0 Å². The fraction of sp³-hybridized carbons (Fsp3) is 0.500. The maximum Gasteiger partial charge on any atom is 0.337 e. The summed E-state index contributed by atoms with van der Waals surface area (Å²) >= 11 is 0. The van der Waals surface area contributed by atoms with Crippen LogP contribution in [0.1, 0.15) is 43.1 Å². The van der Waals surface area contributed by atoms with Gasteiger partial charge in [-0.3, -0.25) is 0 Å². The first-order chi connectivity index (χ1) is 10.1. The van der Waals surface area contributed by atoms with Gasteiger partial charge in [0.2, 0.25) is 0 Å². The summed E-state index contributed by atoms with van der Waals surface area (Å²) in [6.07, 6.45) is 1.04. The number of hydrogen-bond acceptors (Lipinski definition) is 3. The van der Waals surface area contributed by atoms with Gasteiger partial charge in [0.25, 0.3) is 0 Å². The number of carbonyl (C=O) groups excluding carboxylic acids is 1. The molecule has 2 N–H and O–H groups in total. The summed E-state index contributed by atoms with van der Waals surface area (Å²) in [6.45, 7) is 7.68. The Morgan fingerprint density at radius 3 is 2.48 bits per heavy atom. The smallest absolute Gasteiger partial charge is 0.337 e. The molecule has 0 saturated heterocycles. The second-order valence-corrected chi connectivity index (χ2v) is 4.84. The van der Waals surface area contributed by atoms with Gasteiger partial charge in [0.15, 0.2) is 5.96 Å². The minimum Gasteiger partial charge on any atom is -0.465 e. The van der Waals surface area contributed by atoms with Gasteiger partial charge >= 0.3 is 5.97 Å². The number of ether oxygens (including phenoxy) is 1. The van der Waals surface area contributed by atoms with E-state index in [1.807, 2.05) is 19.1 Å². The Bertz CT molecular complexity index is 469. The molecule has 0 spiro atoms. The van der Waals surface area contributed by atoms with E-state index in [1.165, 1.54) is 7.11 Å². The zero-order valence-corrected chi connectivity index (χ0v) is 13.3. The van der Waals surface area contributed by atoms with Crippen LogP contribution in [-0.2, 0) is 11.3 Å². The maximum atomic E-state index is 11.4. The van der Waals surface area contributed by atoms with Crippen molar-refractivity contribution in [2.45, 2.75) is 39.8 Å². The molecule has 0 aliphatic heterocycles. The quantitative estimate of drug-likeness (QED) is 0.480. The Morgan fingerprint density at radius 1 is 1.29 bits per heavy atom. The van der Waals surface area contributed by atoms with Crippen LogP contribution in [0.4, 0.5) is 0 Å². The lowest BCUT2D eigenvalue weighted by Gasteiger charge is -2.16. The van der Waals surface area contributed by atoms with E-state index in [0.29, 0.717) is 18.2 Å². The Kier molecular flexibility index (Phi) is 7.29. The molecule has 0 aromatic heterocycles. The van der Waals surface area contributed by atoms with Gasteiger partial charge in [0.1, 0.15) is 0 Å². The molecule has 5 nitrogen and oxygen atoms in total. The zero-order valence-electron chi connectivity index (χ0n) is 13.3. The van der Waals surface area contributed by atoms with Crippen LogP contribution in [0.5, 0.6) is 0 Å². The molecule has 0 aliphatic carbocycles. The van der Waals surface area contributed by atoms with Crippen molar-refractivity contribution in [1.29, 1.82) is 0 Å². The van der Waals surface area contributed by atoms with Crippen LogP contribution < -0.4 is 10.6 Å². The summed E-state index contributed by atoms with van der Waals surface area (Å²) in [5.74, 6) is 0.487. The first-order valence-electron chi connectivity index (χ1n) is 7.32. The SMILES string of the molecule is CCNC(=NCc1ccc(C(=O)OC)cc1)NC(C)CC. The third-order valence-electron chi connectivity index (χ3n) is 3.13. The number of hydrogen-bond donors (Lipinski definition) is 2. The summed E-state index contributed by atoms with van der Waals surface area (Å²) in [7, 11) is 1.38.